The molecule has 3 nitrogen and oxygen atoms in total. The van der Waals surface area contributed by atoms with Crippen LogP contribution in [0.15, 0.2) is 0 Å². The average Bonchev–Trinajstić information content (AvgIpc) is 2.28. The van der Waals surface area contributed by atoms with Crippen LogP contribution < -0.4 is 15.0 Å². The number of benzene rings is 1. The van der Waals surface area contributed by atoms with Gasteiger partial charge in [-0.25, -0.2) is 0 Å². The van der Waals surface area contributed by atoms with E-state index >= 15 is 0 Å². The molecule has 18 heavy (non-hydrogen) atoms. The summed E-state index contributed by atoms with van der Waals surface area (Å²) >= 11 is 6.43. The Bertz CT molecular complexity index is 470. The van der Waals surface area contributed by atoms with E-state index in [-0.39, 0.29) is 0 Å². The third kappa shape index (κ3) is 1.95. The summed E-state index contributed by atoms with van der Waals surface area (Å²) in [7, 11) is 3.84. The zero-order valence-electron chi connectivity index (χ0n) is 11.7. The molecule has 0 atom stereocenters. The number of nitrogens with zero attached hydrogens (tertiary/aromatic N) is 1. The molecule has 4 heteroatoms. The molecule has 0 aliphatic carbocycles. The number of anilines is 1. The Balaban J connectivity index is 2.56. The van der Waals surface area contributed by atoms with E-state index in [1.807, 2.05) is 6.92 Å². The fraction of sp³-hybridized carbons (Fsp3) is 0.571. The van der Waals surface area contributed by atoms with E-state index in [1.54, 1.807) is 7.11 Å². The number of ether oxygens (including phenoxy) is 1. The van der Waals surface area contributed by atoms with Crippen LogP contribution in [0.2, 0.25) is 5.02 Å². The van der Waals surface area contributed by atoms with Gasteiger partial charge in [0.15, 0.2) is 0 Å². The van der Waals surface area contributed by atoms with Gasteiger partial charge in [-0.1, -0.05) is 11.6 Å². The van der Waals surface area contributed by atoms with Gasteiger partial charge in [-0.3, -0.25) is 0 Å². The molecule has 1 aromatic rings. The predicted molar refractivity (Wildman–Crippen MR) is 77.3 cm³/mol. The molecule has 1 fully saturated rings. The summed E-state index contributed by atoms with van der Waals surface area (Å²) in [4.78, 5) is 2.28. The molecule has 0 radical (unpaired) electrons. The quantitative estimate of drug-likeness (QED) is 0.912. The van der Waals surface area contributed by atoms with Crippen LogP contribution in [-0.4, -0.2) is 33.3 Å². The molecule has 0 bridgehead atoms. The summed E-state index contributed by atoms with van der Waals surface area (Å²) in [6.45, 7) is 8.21. The summed E-state index contributed by atoms with van der Waals surface area (Å²) < 4.78 is 5.61. The van der Waals surface area contributed by atoms with Gasteiger partial charge in [0, 0.05) is 25.2 Å². The van der Waals surface area contributed by atoms with Crippen molar-refractivity contribution in [3.63, 3.8) is 0 Å². The highest BCUT2D eigenvalue weighted by Gasteiger charge is 2.27. The second-order valence-electron chi connectivity index (χ2n) is 4.99. The normalized spacial score (nSPS) is 15.4. The van der Waals surface area contributed by atoms with Crippen molar-refractivity contribution in [3.8, 4) is 5.75 Å². The van der Waals surface area contributed by atoms with Gasteiger partial charge in [-0.05, 0) is 37.5 Å². The lowest BCUT2D eigenvalue weighted by molar-refractivity contribution is 0.397. The van der Waals surface area contributed by atoms with Gasteiger partial charge in [0.2, 0.25) is 0 Å². The first-order valence-corrected chi connectivity index (χ1v) is 6.63. The van der Waals surface area contributed by atoms with Crippen molar-refractivity contribution in [3.05, 3.63) is 21.7 Å². The van der Waals surface area contributed by atoms with Crippen molar-refractivity contribution >= 4 is 17.3 Å². The Morgan fingerprint density at radius 3 is 2.22 bits per heavy atom. The molecular formula is C14H21ClN2O. The second kappa shape index (κ2) is 4.98. The minimum absolute atomic E-state index is 0.524. The average molecular weight is 269 g/mol. The maximum Gasteiger partial charge on any atom is 0.145 e. The van der Waals surface area contributed by atoms with E-state index in [0.29, 0.717) is 6.04 Å². The van der Waals surface area contributed by atoms with Gasteiger partial charge < -0.3 is 15.0 Å². The molecule has 0 saturated carbocycles. The van der Waals surface area contributed by atoms with Gasteiger partial charge in [0.25, 0.3) is 0 Å². The molecule has 100 valence electrons. The number of hydrogen-bond acceptors (Lipinski definition) is 3. The Morgan fingerprint density at radius 2 is 1.78 bits per heavy atom. The van der Waals surface area contributed by atoms with Crippen LogP contribution in [-0.2, 0) is 0 Å². The Morgan fingerprint density at radius 1 is 1.17 bits per heavy atom. The number of nitrogens with one attached hydrogen (secondary N) is 1. The summed E-state index contributed by atoms with van der Waals surface area (Å²) in [6, 6.07) is 0.524. The minimum atomic E-state index is 0.524. The Kier molecular flexibility index (Phi) is 3.74. The van der Waals surface area contributed by atoms with E-state index < -0.39 is 0 Å². The summed E-state index contributed by atoms with van der Waals surface area (Å²) in [5, 5.41) is 4.14. The SMILES string of the molecule is COc1c(C)c(C)c(Cl)c(C)c1N(C)C1CNC1. The van der Waals surface area contributed by atoms with Crippen LogP contribution in [0.1, 0.15) is 16.7 Å². The van der Waals surface area contributed by atoms with Gasteiger partial charge in [-0.15, -0.1) is 0 Å². The third-order valence-corrected chi connectivity index (χ3v) is 4.56. The molecular weight excluding hydrogens is 248 g/mol. The third-order valence-electron chi connectivity index (χ3n) is 4.00. The van der Waals surface area contributed by atoms with Crippen molar-refractivity contribution in [1.29, 1.82) is 0 Å². The summed E-state index contributed by atoms with van der Waals surface area (Å²) in [5.41, 5.74) is 4.46. The lowest BCUT2D eigenvalue weighted by Crippen LogP contribution is -2.56. The molecule has 1 aromatic carbocycles. The van der Waals surface area contributed by atoms with E-state index in [9.17, 15) is 0 Å². The molecule has 1 aliphatic rings. The number of hydrogen-bond donors (Lipinski definition) is 1. The number of likely N-dealkylation sites (N-methyl/N-ethyl adjacent to an activating group) is 1. The molecule has 0 amide bonds. The van der Waals surface area contributed by atoms with E-state index in [2.05, 4.69) is 31.1 Å². The van der Waals surface area contributed by atoms with Crippen molar-refractivity contribution < 1.29 is 4.74 Å². The lowest BCUT2D eigenvalue weighted by atomic mass is 10.00. The van der Waals surface area contributed by atoms with Crippen LogP contribution in [0.5, 0.6) is 5.75 Å². The molecule has 1 aliphatic heterocycles. The van der Waals surface area contributed by atoms with Crippen LogP contribution in [0.3, 0.4) is 0 Å². The fourth-order valence-corrected chi connectivity index (χ4v) is 2.70. The topological polar surface area (TPSA) is 24.5 Å². The van der Waals surface area contributed by atoms with Gasteiger partial charge in [0.1, 0.15) is 5.75 Å². The van der Waals surface area contributed by atoms with Gasteiger partial charge >= 0.3 is 0 Å². The van der Waals surface area contributed by atoms with E-state index in [4.69, 9.17) is 16.3 Å². The molecule has 0 aromatic heterocycles. The standard InChI is InChI=1S/C14H21ClN2O/c1-8-9(2)14(18-5)13(10(3)12(8)15)17(4)11-6-16-7-11/h11,16H,6-7H2,1-5H3. The molecule has 2 rings (SSSR count). The number of halogens is 1. The smallest absolute Gasteiger partial charge is 0.145 e. The van der Waals surface area contributed by atoms with Crippen molar-refractivity contribution in [2.75, 3.05) is 32.1 Å². The number of rotatable bonds is 3. The second-order valence-corrected chi connectivity index (χ2v) is 5.37. The number of methoxy groups -OCH3 is 1. The monoisotopic (exact) mass is 268 g/mol. The van der Waals surface area contributed by atoms with Gasteiger partial charge in [-0.2, -0.15) is 0 Å². The van der Waals surface area contributed by atoms with E-state index in [0.717, 1.165) is 46.2 Å². The highest BCUT2D eigenvalue weighted by atomic mass is 35.5. The predicted octanol–water partition coefficient (Wildman–Crippen LogP) is 2.68. The summed E-state index contributed by atoms with van der Waals surface area (Å²) in [6.07, 6.45) is 0. The largest absolute Gasteiger partial charge is 0.494 e. The Hall–Kier alpha value is -0.930. The van der Waals surface area contributed by atoms with Crippen LogP contribution in [0.4, 0.5) is 5.69 Å². The van der Waals surface area contributed by atoms with Crippen LogP contribution in [0.25, 0.3) is 0 Å². The maximum absolute atomic E-state index is 6.43. The highest BCUT2D eigenvalue weighted by molar-refractivity contribution is 6.32. The van der Waals surface area contributed by atoms with Crippen molar-refractivity contribution in [2.24, 2.45) is 0 Å². The molecule has 0 spiro atoms. The highest BCUT2D eigenvalue weighted by Crippen LogP contribution is 2.42. The first-order chi connectivity index (χ1) is 8.49. The fourth-order valence-electron chi connectivity index (χ4n) is 2.47. The minimum Gasteiger partial charge on any atom is -0.494 e. The first kappa shape index (κ1) is 13.5. The zero-order chi connectivity index (χ0) is 13.4. The Labute approximate surface area is 114 Å². The van der Waals surface area contributed by atoms with Gasteiger partial charge in [0.05, 0.1) is 18.8 Å². The summed E-state index contributed by atoms with van der Waals surface area (Å²) in [5.74, 6) is 0.948. The molecule has 1 saturated heterocycles. The van der Waals surface area contributed by atoms with Crippen LogP contribution in [0, 0.1) is 20.8 Å². The molecule has 1 heterocycles. The first-order valence-electron chi connectivity index (χ1n) is 6.25. The molecule has 0 unspecified atom stereocenters. The van der Waals surface area contributed by atoms with E-state index in [1.165, 1.54) is 0 Å². The lowest BCUT2D eigenvalue weighted by Gasteiger charge is -2.39. The molecule has 1 N–H and O–H groups in total. The van der Waals surface area contributed by atoms with Crippen molar-refractivity contribution in [1.82, 2.24) is 5.32 Å². The maximum atomic E-state index is 6.43. The zero-order valence-corrected chi connectivity index (χ0v) is 12.5. The van der Waals surface area contributed by atoms with Crippen molar-refractivity contribution in [2.45, 2.75) is 26.8 Å². The van der Waals surface area contributed by atoms with Crippen LogP contribution >= 0.6 is 11.6 Å².